The summed E-state index contributed by atoms with van der Waals surface area (Å²) < 4.78 is 0. The summed E-state index contributed by atoms with van der Waals surface area (Å²) in [6, 6.07) is 29.8. The summed E-state index contributed by atoms with van der Waals surface area (Å²) in [5.74, 6) is 1.05. The Morgan fingerprint density at radius 2 is 0.953 bits per heavy atom. The molecule has 0 fully saturated rings. The maximum absolute atomic E-state index is 2.59. The molecule has 1 aliphatic carbocycles. The van der Waals surface area contributed by atoms with Crippen LogP contribution in [0.5, 0.6) is 0 Å². The van der Waals surface area contributed by atoms with Gasteiger partial charge in [-0.1, -0.05) is 138 Å². The Hall–Kier alpha value is -3.12. The Kier molecular flexibility index (Phi) is 9.65. The van der Waals surface area contributed by atoms with E-state index in [2.05, 4.69) is 128 Å². The van der Waals surface area contributed by atoms with Crippen LogP contribution in [0.25, 0.3) is 11.1 Å². The quantitative estimate of drug-likeness (QED) is 0.140. The van der Waals surface area contributed by atoms with Gasteiger partial charge in [0.25, 0.3) is 0 Å². The second-order valence-electron chi connectivity index (χ2n) is 13.6. The van der Waals surface area contributed by atoms with Crippen LogP contribution in [0, 0.1) is 13.8 Å². The number of benzene rings is 4. The summed E-state index contributed by atoms with van der Waals surface area (Å²) in [5, 5.41) is 0. The lowest BCUT2D eigenvalue weighted by Gasteiger charge is -2.36. The highest BCUT2D eigenvalue weighted by atomic mass is 14.5. The van der Waals surface area contributed by atoms with Crippen molar-refractivity contribution < 1.29 is 0 Å². The van der Waals surface area contributed by atoms with Crippen molar-refractivity contribution in [2.24, 2.45) is 0 Å². The zero-order valence-electron chi connectivity index (χ0n) is 28.2. The molecule has 0 aliphatic heterocycles. The molecule has 2 unspecified atom stereocenters. The van der Waals surface area contributed by atoms with Gasteiger partial charge in [-0.3, -0.25) is 0 Å². The van der Waals surface area contributed by atoms with E-state index < -0.39 is 0 Å². The summed E-state index contributed by atoms with van der Waals surface area (Å²) in [6.45, 7) is 18.7. The highest BCUT2D eigenvalue weighted by molar-refractivity contribution is 5.87. The summed E-state index contributed by atoms with van der Waals surface area (Å²) in [4.78, 5) is 0. The number of unbranched alkanes of at least 4 members (excludes halogenated alkanes) is 2. The Labute approximate surface area is 263 Å². The van der Waals surface area contributed by atoms with Gasteiger partial charge >= 0.3 is 0 Å². The van der Waals surface area contributed by atoms with Crippen molar-refractivity contribution in [3.63, 3.8) is 0 Å². The van der Waals surface area contributed by atoms with Crippen molar-refractivity contribution in [2.45, 2.75) is 124 Å². The van der Waals surface area contributed by atoms with Crippen molar-refractivity contribution >= 4 is 0 Å². The first-order valence-corrected chi connectivity index (χ1v) is 17.3. The Bertz CT molecular complexity index is 1450. The smallest absolute Gasteiger partial charge is 0.0654 e. The van der Waals surface area contributed by atoms with Crippen LogP contribution < -0.4 is 0 Å². The molecule has 2 atom stereocenters. The van der Waals surface area contributed by atoms with E-state index in [0.717, 1.165) is 25.7 Å². The first-order valence-electron chi connectivity index (χ1n) is 17.3. The van der Waals surface area contributed by atoms with Gasteiger partial charge in [0.15, 0.2) is 0 Å². The summed E-state index contributed by atoms with van der Waals surface area (Å²) >= 11 is 0. The molecule has 0 spiro atoms. The Balaban J connectivity index is 1.95. The number of hydrogen-bond donors (Lipinski definition) is 0. The molecule has 1 aliphatic rings. The van der Waals surface area contributed by atoms with Gasteiger partial charge in [-0.2, -0.15) is 0 Å². The topological polar surface area (TPSA) is 0 Å². The van der Waals surface area contributed by atoms with Gasteiger partial charge in [-0.05, 0) is 120 Å². The third-order valence-electron chi connectivity index (χ3n) is 10.3. The molecule has 0 saturated heterocycles. The summed E-state index contributed by atoms with van der Waals surface area (Å²) in [5.41, 5.74) is 16.9. The second-order valence-corrected chi connectivity index (χ2v) is 13.6. The molecule has 0 N–H and O–H groups in total. The predicted molar refractivity (Wildman–Crippen MR) is 188 cm³/mol. The fourth-order valence-corrected chi connectivity index (χ4v) is 7.30. The van der Waals surface area contributed by atoms with E-state index in [1.54, 1.807) is 0 Å². The van der Waals surface area contributed by atoms with Gasteiger partial charge in [-0.25, -0.2) is 0 Å². The summed E-state index contributed by atoms with van der Waals surface area (Å²) in [6.07, 6.45) is 9.48. The van der Waals surface area contributed by atoms with E-state index in [1.807, 2.05) is 0 Å². The van der Waals surface area contributed by atoms with E-state index in [0.29, 0.717) is 11.8 Å². The van der Waals surface area contributed by atoms with E-state index in [-0.39, 0.29) is 5.41 Å². The molecule has 0 nitrogen and oxygen atoms in total. The minimum Gasteiger partial charge on any atom is -0.0654 e. The number of hydrogen-bond acceptors (Lipinski definition) is 0. The zero-order chi connectivity index (χ0) is 30.7. The normalized spacial score (nSPS) is 14.8. The van der Waals surface area contributed by atoms with Gasteiger partial charge in [0.2, 0.25) is 0 Å². The van der Waals surface area contributed by atoms with Crippen LogP contribution >= 0.6 is 0 Å². The number of rotatable bonds is 12. The fraction of sp³-hybridized carbons (Fsp3) is 0.442. The minimum atomic E-state index is -0.350. The second kappa shape index (κ2) is 13.3. The molecule has 0 amide bonds. The van der Waals surface area contributed by atoms with Crippen LogP contribution in [-0.4, -0.2) is 0 Å². The highest BCUT2D eigenvalue weighted by Crippen LogP contribution is 2.57. The molecule has 4 aromatic carbocycles. The fourth-order valence-electron chi connectivity index (χ4n) is 7.30. The van der Waals surface area contributed by atoms with Crippen molar-refractivity contribution in [3.05, 3.63) is 128 Å². The molecule has 0 heterocycles. The monoisotopic (exact) mass is 570 g/mol. The van der Waals surface area contributed by atoms with Gasteiger partial charge in [0, 0.05) is 0 Å². The lowest BCUT2D eigenvalue weighted by Crippen LogP contribution is -2.30. The van der Waals surface area contributed by atoms with Crippen LogP contribution in [0.4, 0.5) is 0 Å². The number of fused-ring (bicyclic) bond motifs is 3. The van der Waals surface area contributed by atoms with Gasteiger partial charge in [0.1, 0.15) is 0 Å². The van der Waals surface area contributed by atoms with E-state index in [1.165, 1.54) is 92.4 Å². The lowest BCUT2D eigenvalue weighted by atomic mass is 9.65. The molecule has 4 aromatic rings. The van der Waals surface area contributed by atoms with Gasteiger partial charge in [-0.15, -0.1) is 0 Å². The van der Waals surface area contributed by atoms with Gasteiger partial charge < -0.3 is 0 Å². The molecule has 43 heavy (non-hydrogen) atoms. The van der Waals surface area contributed by atoms with Crippen LogP contribution in [0.2, 0.25) is 0 Å². The van der Waals surface area contributed by atoms with Crippen LogP contribution in [-0.2, 0) is 18.3 Å². The standard InChI is InChI=1S/C43H54/c1-9-13-15-33-23-35(31(7)11-3)27-37(25-33)43(38-26-34(16-14-10-2)24-36(28-38)32(8)12-4)41-21-29(5)17-19-39(41)40-20-18-30(6)22-42(40)43/h17-28,31-32H,9-16H2,1-8H3. The third-order valence-corrected chi connectivity index (χ3v) is 10.3. The largest absolute Gasteiger partial charge is 0.0714 e. The van der Waals surface area contributed by atoms with Crippen LogP contribution in [0.1, 0.15) is 148 Å². The van der Waals surface area contributed by atoms with Crippen molar-refractivity contribution in [3.8, 4) is 11.1 Å². The molecular weight excluding hydrogens is 516 g/mol. The first-order chi connectivity index (χ1) is 20.8. The summed E-state index contributed by atoms with van der Waals surface area (Å²) in [7, 11) is 0. The first kappa shape index (κ1) is 31.3. The van der Waals surface area contributed by atoms with E-state index in [4.69, 9.17) is 0 Å². The number of aryl methyl sites for hydroxylation is 4. The molecule has 0 bridgehead atoms. The molecule has 0 saturated carbocycles. The molecule has 0 aromatic heterocycles. The maximum Gasteiger partial charge on any atom is 0.0714 e. The minimum absolute atomic E-state index is 0.350. The third kappa shape index (κ3) is 5.87. The van der Waals surface area contributed by atoms with Crippen molar-refractivity contribution in [1.29, 1.82) is 0 Å². The molecule has 0 radical (unpaired) electrons. The van der Waals surface area contributed by atoms with Crippen LogP contribution in [0.15, 0.2) is 72.8 Å². The average molecular weight is 571 g/mol. The lowest BCUT2D eigenvalue weighted by molar-refractivity contribution is 0.702. The molecular formula is C43H54. The molecule has 0 heteroatoms. The Morgan fingerprint density at radius 3 is 1.33 bits per heavy atom. The zero-order valence-corrected chi connectivity index (χ0v) is 28.2. The van der Waals surface area contributed by atoms with Crippen LogP contribution in [0.3, 0.4) is 0 Å². The maximum atomic E-state index is 2.59. The van der Waals surface area contributed by atoms with E-state index >= 15 is 0 Å². The molecule has 226 valence electrons. The Morgan fingerprint density at radius 1 is 0.535 bits per heavy atom. The van der Waals surface area contributed by atoms with Gasteiger partial charge in [0.05, 0.1) is 5.41 Å². The van der Waals surface area contributed by atoms with E-state index in [9.17, 15) is 0 Å². The average Bonchev–Trinajstić information content (AvgIpc) is 3.30. The molecule has 5 rings (SSSR count). The highest BCUT2D eigenvalue weighted by Gasteiger charge is 2.47. The predicted octanol–water partition coefficient (Wildman–Crippen LogP) is 12.4. The van der Waals surface area contributed by atoms with Crippen molar-refractivity contribution in [1.82, 2.24) is 0 Å². The SMILES string of the molecule is CCCCc1cc(C(C)CC)cc(C2(c3cc(CCCC)cc(C(C)CC)c3)c3cc(C)ccc3-c3ccc(C)cc32)c1. The van der Waals surface area contributed by atoms with Crippen molar-refractivity contribution in [2.75, 3.05) is 0 Å².